The van der Waals surface area contributed by atoms with E-state index in [0.29, 0.717) is 18.1 Å². The molecule has 0 aliphatic heterocycles. The first-order valence-corrected chi connectivity index (χ1v) is 15.0. The van der Waals surface area contributed by atoms with Gasteiger partial charge in [-0.05, 0) is 76.4 Å². The van der Waals surface area contributed by atoms with E-state index in [4.69, 9.17) is 22.8 Å². The summed E-state index contributed by atoms with van der Waals surface area (Å²) < 4.78 is 52.8. The van der Waals surface area contributed by atoms with Gasteiger partial charge >= 0.3 is 21.2 Å². The molecule has 36 heavy (non-hydrogen) atoms. The molecule has 0 aliphatic rings. The number of hydrogen-bond acceptors (Lipinski definition) is 9. The molecule has 0 bridgehead atoms. The van der Waals surface area contributed by atoms with Gasteiger partial charge in [0, 0.05) is 5.56 Å². The summed E-state index contributed by atoms with van der Waals surface area (Å²) in [6.07, 6.45) is 0.747. The lowest BCUT2D eigenvalue weighted by Gasteiger charge is -2.21. The predicted octanol–water partition coefficient (Wildman–Crippen LogP) is 5.06. The molecule has 0 amide bonds. The zero-order valence-corrected chi connectivity index (χ0v) is 23.3. The Bertz CT molecular complexity index is 1070. The third kappa shape index (κ3) is 7.51. The fourth-order valence-electron chi connectivity index (χ4n) is 3.74. The molecule has 0 aliphatic carbocycles. The van der Waals surface area contributed by atoms with Gasteiger partial charge in [0.05, 0.1) is 50.1 Å². The van der Waals surface area contributed by atoms with Gasteiger partial charge in [-0.3, -0.25) is 13.9 Å². The van der Waals surface area contributed by atoms with Gasteiger partial charge in [-0.15, -0.1) is 0 Å². The number of rotatable bonds is 15. The predicted molar refractivity (Wildman–Crippen MR) is 139 cm³/mol. The van der Waals surface area contributed by atoms with E-state index in [0.717, 1.165) is 5.56 Å². The van der Waals surface area contributed by atoms with Gasteiger partial charge in [-0.2, -0.15) is 0 Å². The van der Waals surface area contributed by atoms with Crippen LogP contribution in [0.4, 0.5) is 0 Å². The van der Waals surface area contributed by atoms with Crippen LogP contribution >= 0.6 is 15.2 Å². The smallest absolute Gasteiger partial charge is 0.361 e. The molecule has 1 unspecified atom stereocenters. The summed E-state index contributed by atoms with van der Waals surface area (Å²) in [5.41, 5.74) is 1.14. The molecule has 1 atom stereocenters. The quantitative estimate of drug-likeness (QED) is 0.243. The van der Waals surface area contributed by atoms with Gasteiger partial charge in [0.2, 0.25) is 0 Å². The van der Waals surface area contributed by atoms with Gasteiger partial charge in [-0.25, -0.2) is 0 Å². The van der Waals surface area contributed by atoms with Gasteiger partial charge in [0.1, 0.15) is 5.75 Å². The summed E-state index contributed by atoms with van der Waals surface area (Å²) in [4.78, 5) is 12.7. The van der Waals surface area contributed by atoms with E-state index in [-0.39, 0.29) is 43.0 Å². The van der Waals surface area contributed by atoms with Gasteiger partial charge in [-0.1, -0.05) is 12.1 Å². The van der Waals surface area contributed by atoms with E-state index in [1.54, 1.807) is 52.0 Å². The maximum absolute atomic E-state index is 13.2. The number of esters is 1. The van der Waals surface area contributed by atoms with Gasteiger partial charge < -0.3 is 27.9 Å². The number of carbonyl (C=O) groups is 1. The SMILES string of the molecule is CCOP(=O)(OCC)c1ccc(CCC(C(=O)OC)c2cc(P(=O)(OCC)OCC)ccc2O)cc1. The van der Waals surface area contributed by atoms with Crippen LogP contribution < -0.4 is 10.6 Å². The minimum absolute atomic E-state index is 0.126. The average Bonchev–Trinajstić information content (AvgIpc) is 2.85. The maximum Gasteiger partial charge on any atom is 0.361 e. The number of ether oxygens (including phenoxy) is 1. The summed E-state index contributed by atoms with van der Waals surface area (Å²) in [7, 11) is -5.74. The van der Waals surface area contributed by atoms with E-state index in [1.807, 2.05) is 0 Å². The molecule has 0 heterocycles. The molecular weight excluding hydrogens is 506 g/mol. The van der Waals surface area contributed by atoms with Crippen LogP contribution in [0.3, 0.4) is 0 Å². The second-order valence-corrected chi connectivity index (χ2v) is 11.7. The molecule has 0 aromatic heterocycles. The minimum Gasteiger partial charge on any atom is -0.508 e. The van der Waals surface area contributed by atoms with Crippen molar-refractivity contribution >= 4 is 31.8 Å². The van der Waals surface area contributed by atoms with Crippen LogP contribution in [-0.2, 0) is 43.2 Å². The van der Waals surface area contributed by atoms with E-state index in [2.05, 4.69) is 0 Å². The monoisotopic (exact) mass is 542 g/mol. The van der Waals surface area contributed by atoms with Crippen molar-refractivity contribution in [3.63, 3.8) is 0 Å². The molecule has 0 spiro atoms. The third-order valence-corrected chi connectivity index (χ3v) is 9.59. The Labute approximate surface area is 213 Å². The van der Waals surface area contributed by atoms with Crippen LogP contribution in [0.2, 0.25) is 0 Å². The average molecular weight is 543 g/mol. The van der Waals surface area contributed by atoms with Crippen molar-refractivity contribution in [2.24, 2.45) is 0 Å². The van der Waals surface area contributed by atoms with Crippen LogP contribution in [0.1, 0.15) is 51.2 Å². The zero-order valence-electron chi connectivity index (χ0n) is 21.5. The third-order valence-electron chi connectivity index (χ3n) is 5.36. The molecule has 0 saturated heterocycles. The summed E-state index contributed by atoms with van der Waals surface area (Å²) in [5.74, 6) is -1.50. The molecule has 0 radical (unpaired) electrons. The van der Waals surface area contributed by atoms with E-state index in [9.17, 15) is 19.0 Å². The highest BCUT2D eigenvalue weighted by Crippen LogP contribution is 2.48. The summed E-state index contributed by atoms with van der Waals surface area (Å²) >= 11 is 0. The molecule has 1 N–H and O–H groups in total. The van der Waals surface area contributed by atoms with Gasteiger partial charge in [0.25, 0.3) is 0 Å². The van der Waals surface area contributed by atoms with Crippen molar-refractivity contribution in [1.82, 2.24) is 0 Å². The summed E-state index contributed by atoms with van der Waals surface area (Å²) in [5, 5.41) is 11.3. The zero-order chi connectivity index (χ0) is 26.8. The van der Waals surface area contributed by atoms with E-state index < -0.39 is 27.1 Å². The topological polar surface area (TPSA) is 118 Å². The highest BCUT2D eigenvalue weighted by atomic mass is 31.2. The largest absolute Gasteiger partial charge is 0.508 e. The van der Waals surface area contributed by atoms with E-state index >= 15 is 0 Å². The van der Waals surface area contributed by atoms with Crippen LogP contribution in [0.25, 0.3) is 0 Å². The molecule has 0 saturated carbocycles. The van der Waals surface area contributed by atoms with E-state index in [1.165, 1.54) is 25.3 Å². The number of aryl methyl sites for hydroxylation is 1. The van der Waals surface area contributed by atoms with Crippen LogP contribution in [0, 0.1) is 0 Å². The maximum atomic E-state index is 13.2. The molecule has 0 fully saturated rings. The van der Waals surface area contributed by atoms with Crippen LogP contribution in [0.5, 0.6) is 5.75 Å². The lowest BCUT2D eigenvalue weighted by atomic mass is 9.91. The molecule has 11 heteroatoms. The van der Waals surface area contributed by atoms with Crippen molar-refractivity contribution < 1.29 is 41.9 Å². The second kappa shape index (κ2) is 14.1. The van der Waals surface area contributed by atoms with Crippen molar-refractivity contribution in [3.05, 3.63) is 53.6 Å². The Morgan fingerprint density at radius 3 is 1.75 bits per heavy atom. The standard InChI is InChI=1S/C25H36O9P2/c1-6-31-35(28,32-7-2)20-13-10-19(11-14-20)12-16-22(25(27)30-5)23-18-21(15-17-24(23)26)36(29,33-8-3)34-9-4/h10-11,13-15,17-18,22,26H,6-9,12,16H2,1-5H3. The Balaban J connectivity index is 2.33. The lowest BCUT2D eigenvalue weighted by molar-refractivity contribution is -0.142. The molecule has 2 aromatic carbocycles. The Kier molecular flexibility index (Phi) is 11.8. The van der Waals surface area contributed by atoms with Crippen molar-refractivity contribution in [3.8, 4) is 5.75 Å². The number of phenols is 1. The molecule has 2 rings (SSSR count). The Morgan fingerprint density at radius 2 is 1.28 bits per heavy atom. The van der Waals surface area contributed by atoms with Crippen molar-refractivity contribution in [1.29, 1.82) is 0 Å². The number of methoxy groups -OCH3 is 1. The lowest BCUT2D eigenvalue weighted by Crippen LogP contribution is -2.18. The normalized spacial score (nSPS) is 12.9. The first kappa shape index (κ1) is 30.2. The van der Waals surface area contributed by atoms with Crippen LogP contribution in [-0.4, -0.2) is 44.6 Å². The minimum atomic E-state index is -3.62. The molecule has 2 aromatic rings. The van der Waals surface area contributed by atoms with Crippen LogP contribution in [0.15, 0.2) is 42.5 Å². The summed E-state index contributed by atoms with van der Waals surface area (Å²) in [6, 6.07) is 11.3. The Morgan fingerprint density at radius 1 is 0.806 bits per heavy atom. The van der Waals surface area contributed by atoms with Gasteiger partial charge in [0.15, 0.2) is 0 Å². The second-order valence-electron chi connectivity index (χ2n) is 7.69. The summed E-state index contributed by atoms with van der Waals surface area (Å²) in [6.45, 7) is 7.75. The highest BCUT2D eigenvalue weighted by Gasteiger charge is 2.31. The fraction of sp³-hybridized carbons (Fsp3) is 0.480. The molecular formula is C25H36O9P2. The molecule has 9 nitrogen and oxygen atoms in total. The van der Waals surface area contributed by atoms with Crippen molar-refractivity contribution in [2.45, 2.75) is 46.5 Å². The Hall–Kier alpha value is -1.99. The highest BCUT2D eigenvalue weighted by molar-refractivity contribution is 7.62. The molecule has 200 valence electrons. The number of phenolic OH excluding ortho intramolecular Hbond substituents is 1. The first-order chi connectivity index (χ1) is 17.2. The number of hydrogen-bond donors (Lipinski definition) is 1. The number of aromatic hydroxyl groups is 1. The number of carbonyl (C=O) groups excluding carboxylic acids is 1. The first-order valence-electron chi connectivity index (χ1n) is 12.0. The van der Waals surface area contributed by atoms with Crippen molar-refractivity contribution in [2.75, 3.05) is 33.5 Å². The number of benzene rings is 2. The fourth-order valence-corrected chi connectivity index (χ4v) is 6.92.